The summed E-state index contributed by atoms with van der Waals surface area (Å²) in [4.78, 5) is 4.55. The molecule has 0 saturated heterocycles. The molecule has 2 aromatic carbocycles. The lowest BCUT2D eigenvalue weighted by Gasteiger charge is -2.14. The van der Waals surface area contributed by atoms with E-state index in [9.17, 15) is 4.39 Å². The van der Waals surface area contributed by atoms with Crippen LogP contribution < -0.4 is 5.73 Å². The van der Waals surface area contributed by atoms with E-state index in [2.05, 4.69) is 4.98 Å². The van der Waals surface area contributed by atoms with Crippen LogP contribution in [0, 0.1) is 5.82 Å². The molecule has 0 saturated carbocycles. The number of fused-ring (bicyclic) bond motifs is 1. The quantitative estimate of drug-likeness (QED) is 0.700. The molecular weight excluding hydrogens is 289 g/mol. The zero-order chi connectivity index (χ0) is 15.1. The molecule has 3 rings (SSSR count). The highest BCUT2D eigenvalue weighted by Crippen LogP contribution is 2.34. The first-order valence-corrected chi connectivity index (χ1v) is 7.08. The fourth-order valence-corrected chi connectivity index (χ4v) is 2.70. The zero-order valence-corrected chi connectivity index (χ0v) is 12.5. The van der Waals surface area contributed by atoms with Crippen LogP contribution in [0.2, 0.25) is 5.02 Å². The average Bonchev–Trinajstić information content (AvgIpc) is 2.79. The van der Waals surface area contributed by atoms with Gasteiger partial charge in [0.05, 0.1) is 16.1 Å². The highest BCUT2D eigenvalue weighted by molar-refractivity contribution is 6.33. The molecule has 108 valence electrons. The Balaban J connectivity index is 2.36. The van der Waals surface area contributed by atoms with E-state index in [1.807, 2.05) is 18.4 Å². The lowest BCUT2D eigenvalue weighted by atomic mass is 10.2. The number of anilines is 1. The van der Waals surface area contributed by atoms with Crippen molar-refractivity contribution in [2.24, 2.45) is 0 Å². The van der Waals surface area contributed by atoms with Gasteiger partial charge in [-0.05, 0) is 44.2 Å². The van der Waals surface area contributed by atoms with Gasteiger partial charge < -0.3 is 10.3 Å². The van der Waals surface area contributed by atoms with Gasteiger partial charge in [-0.25, -0.2) is 9.37 Å². The SMILES string of the molecule is CC(C)n1c(-c2cc(N)ccc2Cl)nc2cc(F)ccc21. The van der Waals surface area contributed by atoms with Crippen LogP contribution in [0.15, 0.2) is 36.4 Å². The van der Waals surface area contributed by atoms with Gasteiger partial charge in [0.1, 0.15) is 11.6 Å². The fraction of sp³-hybridized carbons (Fsp3) is 0.188. The molecule has 0 bridgehead atoms. The van der Waals surface area contributed by atoms with Crippen molar-refractivity contribution >= 4 is 28.3 Å². The van der Waals surface area contributed by atoms with Gasteiger partial charge in [0, 0.05) is 23.4 Å². The minimum atomic E-state index is -0.305. The van der Waals surface area contributed by atoms with Gasteiger partial charge in [0.15, 0.2) is 0 Å². The maximum absolute atomic E-state index is 13.4. The number of imidazole rings is 1. The number of rotatable bonds is 2. The Morgan fingerprint density at radius 2 is 1.95 bits per heavy atom. The number of benzene rings is 2. The lowest BCUT2D eigenvalue weighted by Crippen LogP contribution is -2.03. The first-order valence-electron chi connectivity index (χ1n) is 6.70. The van der Waals surface area contributed by atoms with Gasteiger partial charge in [-0.15, -0.1) is 0 Å². The third kappa shape index (κ3) is 2.36. The Labute approximate surface area is 127 Å². The molecule has 0 spiro atoms. The summed E-state index contributed by atoms with van der Waals surface area (Å²) in [5.74, 6) is 0.393. The number of nitrogens with two attached hydrogens (primary N) is 1. The molecule has 2 N–H and O–H groups in total. The second-order valence-corrected chi connectivity index (χ2v) is 5.68. The van der Waals surface area contributed by atoms with Crippen molar-refractivity contribution in [3.8, 4) is 11.4 Å². The summed E-state index contributed by atoms with van der Waals surface area (Å²) >= 11 is 6.28. The van der Waals surface area contributed by atoms with Crippen LogP contribution in [-0.2, 0) is 0 Å². The summed E-state index contributed by atoms with van der Waals surface area (Å²) < 4.78 is 15.5. The van der Waals surface area contributed by atoms with Gasteiger partial charge in [-0.2, -0.15) is 0 Å². The van der Waals surface area contributed by atoms with Crippen molar-refractivity contribution < 1.29 is 4.39 Å². The molecule has 0 aliphatic rings. The number of nitrogens with zero attached hydrogens (tertiary/aromatic N) is 2. The van der Waals surface area contributed by atoms with Crippen LogP contribution in [-0.4, -0.2) is 9.55 Å². The fourth-order valence-electron chi connectivity index (χ4n) is 2.50. The Kier molecular flexibility index (Phi) is 3.33. The predicted molar refractivity (Wildman–Crippen MR) is 84.9 cm³/mol. The van der Waals surface area contributed by atoms with E-state index in [0.717, 1.165) is 11.1 Å². The van der Waals surface area contributed by atoms with Crippen molar-refractivity contribution in [2.75, 3.05) is 5.73 Å². The molecule has 1 heterocycles. The molecule has 0 radical (unpaired) electrons. The third-order valence-corrected chi connectivity index (χ3v) is 3.73. The van der Waals surface area contributed by atoms with Crippen LogP contribution >= 0.6 is 11.6 Å². The third-order valence-electron chi connectivity index (χ3n) is 3.40. The number of halogens is 2. The average molecular weight is 304 g/mol. The van der Waals surface area contributed by atoms with E-state index in [-0.39, 0.29) is 11.9 Å². The molecule has 3 nitrogen and oxygen atoms in total. The van der Waals surface area contributed by atoms with Gasteiger partial charge in [-0.1, -0.05) is 11.6 Å². The lowest BCUT2D eigenvalue weighted by molar-refractivity contribution is 0.620. The summed E-state index contributed by atoms with van der Waals surface area (Å²) in [6.07, 6.45) is 0. The van der Waals surface area contributed by atoms with E-state index < -0.39 is 0 Å². The highest BCUT2D eigenvalue weighted by Gasteiger charge is 2.17. The van der Waals surface area contributed by atoms with Crippen LogP contribution in [0.3, 0.4) is 0 Å². The number of hydrogen-bond acceptors (Lipinski definition) is 2. The normalized spacial score (nSPS) is 11.5. The summed E-state index contributed by atoms with van der Waals surface area (Å²) in [6, 6.07) is 10.0. The number of hydrogen-bond donors (Lipinski definition) is 1. The van der Waals surface area contributed by atoms with E-state index in [1.165, 1.54) is 12.1 Å². The van der Waals surface area contributed by atoms with Crippen molar-refractivity contribution in [1.82, 2.24) is 9.55 Å². The van der Waals surface area contributed by atoms with Crippen molar-refractivity contribution in [2.45, 2.75) is 19.9 Å². The van der Waals surface area contributed by atoms with Gasteiger partial charge in [0.2, 0.25) is 0 Å². The first kappa shape index (κ1) is 13.9. The van der Waals surface area contributed by atoms with E-state index in [0.29, 0.717) is 22.1 Å². The van der Waals surface area contributed by atoms with Crippen molar-refractivity contribution in [1.29, 1.82) is 0 Å². The molecular formula is C16H15ClFN3. The standard InChI is InChI=1S/C16H15ClFN3/c1-9(2)21-15-6-3-10(18)7-14(15)20-16(21)12-8-11(19)4-5-13(12)17/h3-9H,19H2,1-2H3. The minimum absolute atomic E-state index is 0.160. The van der Waals surface area contributed by atoms with Crippen molar-refractivity contribution in [3.63, 3.8) is 0 Å². The molecule has 1 aromatic heterocycles. The summed E-state index contributed by atoms with van der Waals surface area (Å²) in [6.45, 7) is 4.10. The van der Waals surface area contributed by atoms with Crippen LogP contribution in [0.5, 0.6) is 0 Å². The molecule has 0 aliphatic heterocycles. The summed E-state index contributed by atoms with van der Waals surface area (Å²) in [7, 11) is 0. The maximum atomic E-state index is 13.4. The Bertz CT molecular complexity index is 824. The zero-order valence-electron chi connectivity index (χ0n) is 11.8. The second-order valence-electron chi connectivity index (χ2n) is 5.27. The Morgan fingerprint density at radius 1 is 1.19 bits per heavy atom. The summed E-state index contributed by atoms with van der Waals surface area (Å²) in [5.41, 5.74) is 8.70. The number of aromatic nitrogens is 2. The van der Waals surface area contributed by atoms with Crippen LogP contribution in [0.25, 0.3) is 22.4 Å². The Morgan fingerprint density at radius 3 is 2.67 bits per heavy atom. The number of nitrogen functional groups attached to an aromatic ring is 1. The first-order chi connectivity index (χ1) is 9.97. The van der Waals surface area contributed by atoms with Crippen molar-refractivity contribution in [3.05, 3.63) is 47.2 Å². The molecule has 0 atom stereocenters. The monoisotopic (exact) mass is 303 g/mol. The second kappa shape index (κ2) is 5.04. The topological polar surface area (TPSA) is 43.8 Å². The molecule has 0 amide bonds. The van der Waals surface area contributed by atoms with E-state index in [1.54, 1.807) is 24.3 Å². The van der Waals surface area contributed by atoms with Gasteiger partial charge in [0.25, 0.3) is 0 Å². The molecule has 3 aromatic rings. The minimum Gasteiger partial charge on any atom is -0.399 e. The molecule has 0 fully saturated rings. The van der Waals surface area contributed by atoms with Gasteiger partial charge in [-0.3, -0.25) is 0 Å². The van der Waals surface area contributed by atoms with E-state index >= 15 is 0 Å². The molecule has 0 aliphatic carbocycles. The van der Waals surface area contributed by atoms with Crippen LogP contribution in [0.4, 0.5) is 10.1 Å². The maximum Gasteiger partial charge on any atom is 0.142 e. The smallest absolute Gasteiger partial charge is 0.142 e. The molecule has 0 unspecified atom stereocenters. The van der Waals surface area contributed by atoms with Gasteiger partial charge >= 0.3 is 0 Å². The molecule has 21 heavy (non-hydrogen) atoms. The Hall–Kier alpha value is -2.07. The van der Waals surface area contributed by atoms with E-state index in [4.69, 9.17) is 17.3 Å². The molecule has 5 heteroatoms. The van der Waals surface area contributed by atoms with Crippen LogP contribution in [0.1, 0.15) is 19.9 Å². The highest BCUT2D eigenvalue weighted by atomic mass is 35.5. The summed E-state index contributed by atoms with van der Waals surface area (Å²) in [5, 5.41) is 0.571. The largest absolute Gasteiger partial charge is 0.399 e. The predicted octanol–water partition coefficient (Wildman–Crippen LogP) is 4.66.